The Morgan fingerprint density at radius 3 is 2.54 bits per heavy atom. The van der Waals surface area contributed by atoms with Gasteiger partial charge in [-0.25, -0.2) is 14.0 Å². The molecule has 26 heavy (non-hydrogen) atoms. The van der Waals surface area contributed by atoms with E-state index in [4.69, 9.17) is 10.5 Å². The Hall–Kier alpha value is -2.31. The van der Waals surface area contributed by atoms with E-state index in [9.17, 15) is 14.0 Å². The minimum absolute atomic E-state index is 0.102. The molecule has 144 valence electrons. The number of piperidine rings is 1. The number of benzene rings is 1. The average Bonchev–Trinajstić information content (AvgIpc) is 2.52. The van der Waals surface area contributed by atoms with E-state index < -0.39 is 17.7 Å². The molecule has 1 aliphatic heterocycles. The molecular weight excluding hydrogens is 337 g/mol. The molecule has 7 heteroatoms. The monoisotopic (exact) mass is 365 g/mol. The van der Waals surface area contributed by atoms with E-state index in [-0.39, 0.29) is 17.9 Å². The van der Waals surface area contributed by atoms with Gasteiger partial charge in [0, 0.05) is 19.6 Å². The number of nitrogens with two attached hydrogens (primary N) is 1. The second-order valence-electron chi connectivity index (χ2n) is 7.82. The third-order valence-electron chi connectivity index (χ3n) is 4.68. The highest BCUT2D eigenvalue weighted by Crippen LogP contribution is 2.35. The summed E-state index contributed by atoms with van der Waals surface area (Å²) >= 11 is 0. The zero-order valence-corrected chi connectivity index (χ0v) is 16.1. The Balaban J connectivity index is 2.24. The van der Waals surface area contributed by atoms with Crippen LogP contribution in [0.2, 0.25) is 0 Å². The Morgan fingerprint density at radius 2 is 2.00 bits per heavy atom. The van der Waals surface area contributed by atoms with Crippen molar-refractivity contribution in [1.29, 1.82) is 0 Å². The van der Waals surface area contributed by atoms with E-state index in [1.165, 1.54) is 12.1 Å². The van der Waals surface area contributed by atoms with Gasteiger partial charge in [0.15, 0.2) is 0 Å². The number of ether oxygens (including phenoxy) is 1. The van der Waals surface area contributed by atoms with Gasteiger partial charge in [0.25, 0.3) is 0 Å². The highest BCUT2D eigenvalue weighted by atomic mass is 19.1. The number of carbonyl (C=O) groups excluding carboxylic acids is 2. The van der Waals surface area contributed by atoms with Crippen LogP contribution in [0.15, 0.2) is 18.2 Å². The fraction of sp³-hybridized carbons (Fsp3) is 0.579. The average molecular weight is 365 g/mol. The summed E-state index contributed by atoms with van der Waals surface area (Å²) < 4.78 is 18.9. The third-order valence-corrected chi connectivity index (χ3v) is 4.68. The number of urea groups is 1. The molecule has 1 aromatic rings. The smallest absolute Gasteiger partial charge is 0.410 e. The van der Waals surface area contributed by atoms with E-state index in [0.717, 1.165) is 11.1 Å². The van der Waals surface area contributed by atoms with Gasteiger partial charge in [-0.05, 0) is 63.8 Å². The van der Waals surface area contributed by atoms with Crippen molar-refractivity contribution in [2.45, 2.75) is 58.2 Å². The quantitative estimate of drug-likeness (QED) is 0.870. The van der Waals surface area contributed by atoms with Crippen molar-refractivity contribution >= 4 is 12.1 Å². The molecule has 2 atom stereocenters. The van der Waals surface area contributed by atoms with E-state index in [1.54, 1.807) is 29.8 Å². The van der Waals surface area contributed by atoms with Gasteiger partial charge in [0.05, 0.1) is 6.04 Å². The zero-order chi connectivity index (χ0) is 19.6. The first-order valence-electron chi connectivity index (χ1n) is 8.77. The molecule has 1 aliphatic rings. The van der Waals surface area contributed by atoms with Crippen LogP contribution in [0.4, 0.5) is 14.0 Å². The number of aryl methyl sites for hydroxylation is 1. The van der Waals surface area contributed by atoms with Gasteiger partial charge < -0.3 is 20.3 Å². The fourth-order valence-corrected chi connectivity index (χ4v) is 3.35. The zero-order valence-electron chi connectivity index (χ0n) is 16.1. The first kappa shape index (κ1) is 20.0. The van der Waals surface area contributed by atoms with Crippen molar-refractivity contribution in [3.8, 4) is 0 Å². The highest BCUT2D eigenvalue weighted by molar-refractivity contribution is 5.73. The van der Waals surface area contributed by atoms with Gasteiger partial charge in [-0.15, -0.1) is 0 Å². The summed E-state index contributed by atoms with van der Waals surface area (Å²) in [7, 11) is 1.70. The largest absolute Gasteiger partial charge is 0.444 e. The molecule has 3 amide bonds. The van der Waals surface area contributed by atoms with Gasteiger partial charge in [0.1, 0.15) is 11.4 Å². The Labute approximate surface area is 154 Å². The topological polar surface area (TPSA) is 75.9 Å². The molecule has 0 saturated carbocycles. The lowest BCUT2D eigenvalue weighted by Crippen LogP contribution is -2.51. The van der Waals surface area contributed by atoms with Crippen LogP contribution >= 0.6 is 0 Å². The van der Waals surface area contributed by atoms with Crippen LogP contribution in [0.1, 0.15) is 50.8 Å². The van der Waals surface area contributed by atoms with Crippen molar-refractivity contribution in [2.75, 3.05) is 13.6 Å². The van der Waals surface area contributed by atoms with E-state index in [1.807, 2.05) is 20.8 Å². The molecule has 1 heterocycles. The molecule has 6 nitrogen and oxygen atoms in total. The summed E-state index contributed by atoms with van der Waals surface area (Å²) in [5, 5.41) is 0. The van der Waals surface area contributed by atoms with Gasteiger partial charge in [-0.2, -0.15) is 0 Å². The van der Waals surface area contributed by atoms with Crippen LogP contribution in [0.3, 0.4) is 0 Å². The van der Waals surface area contributed by atoms with Gasteiger partial charge in [-0.1, -0.05) is 6.07 Å². The standard InChI is InChI=1S/C19H28FN3O3/c1-12-10-13(20)6-7-15(12)16-11-14(8-9-23(16)17(21)24)22(5)18(25)26-19(2,3)4/h6-7,10,14,16H,8-9,11H2,1-5H3,(H2,21,24). The second-order valence-corrected chi connectivity index (χ2v) is 7.82. The number of rotatable bonds is 2. The van der Waals surface area contributed by atoms with Gasteiger partial charge in [-0.3, -0.25) is 0 Å². The van der Waals surface area contributed by atoms with Gasteiger partial charge in [0.2, 0.25) is 0 Å². The summed E-state index contributed by atoms with van der Waals surface area (Å²) in [6.45, 7) is 7.69. The molecule has 2 rings (SSSR count). The molecule has 1 fully saturated rings. The molecule has 0 bridgehead atoms. The van der Waals surface area contributed by atoms with Crippen LogP contribution in [-0.2, 0) is 4.74 Å². The number of primary amides is 1. The maximum absolute atomic E-state index is 13.5. The Kier molecular flexibility index (Phi) is 5.78. The minimum atomic E-state index is -0.577. The molecule has 1 aromatic carbocycles. The summed E-state index contributed by atoms with van der Waals surface area (Å²) in [5.41, 5.74) is 6.56. The number of amides is 3. The number of hydrogen-bond donors (Lipinski definition) is 1. The summed E-state index contributed by atoms with van der Waals surface area (Å²) in [5.74, 6) is -0.324. The molecule has 2 unspecified atom stereocenters. The number of halogens is 1. The van der Waals surface area contributed by atoms with Crippen molar-refractivity contribution in [2.24, 2.45) is 5.73 Å². The number of hydrogen-bond acceptors (Lipinski definition) is 3. The van der Waals surface area contributed by atoms with Crippen molar-refractivity contribution in [3.63, 3.8) is 0 Å². The minimum Gasteiger partial charge on any atom is -0.444 e. The molecule has 0 aromatic heterocycles. The van der Waals surface area contributed by atoms with Crippen LogP contribution in [0, 0.1) is 12.7 Å². The number of carbonyl (C=O) groups is 2. The fourth-order valence-electron chi connectivity index (χ4n) is 3.35. The normalized spacial score (nSPS) is 20.6. The first-order valence-corrected chi connectivity index (χ1v) is 8.77. The van der Waals surface area contributed by atoms with Crippen LogP contribution < -0.4 is 5.73 Å². The molecule has 2 N–H and O–H groups in total. The Morgan fingerprint density at radius 1 is 1.35 bits per heavy atom. The lowest BCUT2D eigenvalue weighted by atomic mass is 9.89. The van der Waals surface area contributed by atoms with Crippen LogP contribution in [0.25, 0.3) is 0 Å². The van der Waals surface area contributed by atoms with Crippen LogP contribution in [0.5, 0.6) is 0 Å². The third kappa shape index (κ3) is 4.65. The summed E-state index contributed by atoms with van der Waals surface area (Å²) in [6, 6.07) is 3.57. The summed E-state index contributed by atoms with van der Waals surface area (Å²) in [6.07, 6.45) is 0.727. The maximum Gasteiger partial charge on any atom is 0.410 e. The van der Waals surface area contributed by atoms with Crippen molar-refractivity contribution < 1.29 is 18.7 Å². The predicted octanol–water partition coefficient (Wildman–Crippen LogP) is 3.59. The summed E-state index contributed by atoms with van der Waals surface area (Å²) in [4.78, 5) is 27.4. The highest BCUT2D eigenvalue weighted by Gasteiger charge is 2.36. The number of likely N-dealkylation sites (tertiary alicyclic amines) is 1. The van der Waals surface area contributed by atoms with Crippen LogP contribution in [-0.4, -0.2) is 47.2 Å². The molecule has 0 spiro atoms. The number of nitrogens with zero attached hydrogens (tertiary/aromatic N) is 2. The molecular formula is C19H28FN3O3. The maximum atomic E-state index is 13.5. The SMILES string of the molecule is Cc1cc(F)ccc1C1CC(N(C)C(=O)OC(C)(C)C)CCN1C(N)=O. The molecule has 1 saturated heterocycles. The first-order chi connectivity index (χ1) is 12.0. The second kappa shape index (κ2) is 7.51. The Bertz CT molecular complexity index is 687. The van der Waals surface area contributed by atoms with E-state index in [2.05, 4.69) is 0 Å². The molecule has 0 radical (unpaired) electrons. The molecule has 0 aliphatic carbocycles. The predicted molar refractivity (Wildman–Crippen MR) is 97.2 cm³/mol. The lowest BCUT2D eigenvalue weighted by Gasteiger charge is -2.42. The lowest BCUT2D eigenvalue weighted by molar-refractivity contribution is 0.0127. The van der Waals surface area contributed by atoms with Gasteiger partial charge >= 0.3 is 12.1 Å². The van der Waals surface area contributed by atoms with E-state index >= 15 is 0 Å². The van der Waals surface area contributed by atoms with Crippen molar-refractivity contribution in [1.82, 2.24) is 9.80 Å². The van der Waals surface area contributed by atoms with E-state index in [0.29, 0.717) is 19.4 Å². The van der Waals surface area contributed by atoms with Crippen molar-refractivity contribution in [3.05, 3.63) is 35.1 Å².